The highest BCUT2D eigenvalue weighted by atomic mass is 19.2. The predicted molar refractivity (Wildman–Crippen MR) is 66.2 cm³/mol. The van der Waals surface area contributed by atoms with Gasteiger partial charge in [-0.05, 0) is 19.9 Å². The summed E-state index contributed by atoms with van der Waals surface area (Å²) in [6, 6.07) is 1.90. The van der Waals surface area contributed by atoms with Crippen LogP contribution in [0.4, 0.5) is 23.2 Å². The van der Waals surface area contributed by atoms with Crippen molar-refractivity contribution in [2.24, 2.45) is 0 Å². The van der Waals surface area contributed by atoms with Crippen LogP contribution in [0, 0.1) is 30.2 Å². The quantitative estimate of drug-likeness (QED) is 0.690. The molecule has 0 spiro atoms. The minimum absolute atomic E-state index is 0.00537. The van der Waals surface area contributed by atoms with Gasteiger partial charge in [-0.3, -0.25) is 4.68 Å². The van der Waals surface area contributed by atoms with Gasteiger partial charge in [-0.15, -0.1) is 0 Å². The van der Waals surface area contributed by atoms with E-state index in [9.17, 15) is 17.6 Å². The van der Waals surface area contributed by atoms with Crippen LogP contribution in [-0.2, 0) is 13.1 Å². The van der Waals surface area contributed by atoms with Gasteiger partial charge >= 0.3 is 0 Å². The Morgan fingerprint density at radius 3 is 2.25 bits per heavy atom. The molecule has 0 amide bonds. The molecule has 1 heterocycles. The zero-order valence-corrected chi connectivity index (χ0v) is 11.0. The average molecular weight is 287 g/mol. The Bertz CT molecular complexity index is 611. The minimum atomic E-state index is -1.44. The van der Waals surface area contributed by atoms with Crippen LogP contribution in [0.15, 0.2) is 12.1 Å². The van der Waals surface area contributed by atoms with E-state index in [1.165, 1.54) is 0 Å². The Kier molecular flexibility index (Phi) is 3.96. The van der Waals surface area contributed by atoms with E-state index >= 15 is 0 Å². The maximum absolute atomic E-state index is 13.5. The molecule has 1 aromatic heterocycles. The van der Waals surface area contributed by atoms with Crippen molar-refractivity contribution in [3.05, 3.63) is 46.8 Å². The van der Waals surface area contributed by atoms with Gasteiger partial charge in [0.1, 0.15) is 5.69 Å². The van der Waals surface area contributed by atoms with Crippen molar-refractivity contribution in [1.82, 2.24) is 9.78 Å². The molecule has 0 unspecified atom stereocenters. The number of hydrogen-bond acceptors (Lipinski definition) is 2. The topological polar surface area (TPSA) is 29.9 Å². The lowest BCUT2D eigenvalue weighted by Gasteiger charge is -2.10. The zero-order valence-electron chi connectivity index (χ0n) is 11.0. The summed E-state index contributed by atoms with van der Waals surface area (Å²) in [6.07, 6.45) is 0. The normalized spacial score (nSPS) is 10.9. The number of hydrogen-bond donors (Lipinski definition) is 1. The molecule has 1 N–H and O–H groups in total. The Morgan fingerprint density at radius 2 is 1.70 bits per heavy atom. The fraction of sp³-hybridized carbons (Fsp3) is 0.308. The number of rotatable bonds is 4. The van der Waals surface area contributed by atoms with Gasteiger partial charge < -0.3 is 5.32 Å². The van der Waals surface area contributed by atoms with Crippen LogP contribution in [0.25, 0.3) is 0 Å². The Morgan fingerprint density at radius 1 is 1.10 bits per heavy atom. The fourth-order valence-electron chi connectivity index (χ4n) is 1.92. The summed E-state index contributed by atoms with van der Waals surface area (Å²) in [7, 11) is 0. The molecule has 0 atom stereocenters. The first-order valence-electron chi connectivity index (χ1n) is 6.04. The van der Waals surface area contributed by atoms with E-state index < -0.39 is 29.0 Å². The molecule has 0 aliphatic carbocycles. The Balaban J connectivity index is 2.27. The summed E-state index contributed by atoms with van der Waals surface area (Å²) in [5.41, 5.74) is 0.590. The van der Waals surface area contributed by atoms with Crippen LogP contribution >= 0.6 is 0 Å². The predicted octanol–water partition coefficient (Wildman–Crippen LogP) is 3.38. The van der Waals surface area contributed by atoms with Gasteiger partial charge in [-0.2, -0.15) is 5.10 Å². The number of nitrogens with one attached hydrogen (secondary N) is 1. The molecule has 2 aromatic rings. The summed E-state index contributed by atoms with van der Waals surface area (Å²) in [4.78, 5) is 0. The molecule has 108 valence electrons. The van der Waals surface area contributed by atoms with Gasteiger partial charge in [0.2, 0.25) is 0 Å². The summed E-state index contributed by atoms with van der Waals surface area (Å²) in [5, 5.41) is 6.54. The maximum atomic E-state index is 13.5. The van der Waals surface area contributed by atoms with E-state index in [1.54, 1.807) is 17.7 Å². The van der Waals surface area contributed by atoms with Crippen molar-refractivity contribution in [2.45, 2.75) is 26.9 Å². The number of benzene rings is 1. The van der Waals surface area contributed by atoms with Gasteiger partial charge in [0.25, 0.3) is 0 Å². The molecule has 0 saturated heterocycles. The SMILES string of the molecule is CCn1nc(C)cc1CNc1c(F)c(F)cc(F)c1F. The molecule has 1 aromatic carbocycles. The zero-order chi connectivity index (χ0) is 14.9. The third kappa shape index (κ3) is 2.61. The highest BCUT2D eigenvalue weighted by Gasteiger charge is 2.19. The highest BCUT2D eigenvalue weighted by molar-refractivity contribution is 5.47. The Labute approximate surface area is 113 Å². The van der Waals surface area contributed by atoms with Crippen LogP contribution < -0.4 is 5.32 Å². The van der Waals surface area contributed by atoms with Crippen molar-refractivity contribution in [1.29, 1.82) is 0 Å². The molecule has 20 heavy (non-hydrogen) atoms. The number of nitrogens with zero attached hydrogens (tertiary/aromatic N) is 2. The number of aryl methyl sites for hydroxylation is 2. The average Bonchev–Trinajstić information content (AvgIpc) is 2.77. The van der Waals surface area contributed by atoms with Crippen molar-refractivity contribution in [3.8, 4) is 0 Å². The molecule has 0 fully saturated rings. The molecule has 2 rings (SSSR count). The van der Waals surface area contributed by atoms with Gasteiger partial charge in [0, 0.05) is 12.6 Å². The number of anilines is 1. The molecule has 0 saturated carbocycles. The van der Waals surface area contributed by atoms with Crippen molar-refractivity contribution in [3.63, 3.8) is 0 Å². The lowest BCUT2D eigenvalue weighted by Crippen LogP contribution is -2.11. The van der Waals surface area contributed by atoms with E-state index in [4.69, 9.17) is 0 Å². The van der Waals surface area contributed by atoms with E-state index in [-0.39, 0.29) is 12.6 Å². The molecule has 0 aliphatic rings. The van der Waals surface area contributed by atoms with Crippen LogP contribution in [0.5, 0.6) is 0 Å². The van der Waals surface area contributed by atoms with E-state index in [0.29, 0.717) is 12.2 Å². The summed E-state index contributed by atoms with van der Waals surface area (Å²) >= 11 is 0. The van der Waals surface area contributed by atoms with Crippen molar-refractivity contribution in [2.75, 3.05) is 5.32 Å². The first-order valence-corrected chi connectivity index (χ1v) is 6.04. The van der Waals surface area contributed by atoms with Crippen LogP contribution in [0.1, 0.15) is 18.3 Å². The maximum Gasteiger partial charge on any atom is 0.185 e. The molecule has 0 aliphatic heterocycles. The molecular weight excluding hydrogens is 274 g/mol. The molecule has 0 bridgehead atoms. The summed E-state index contributed by atoms with van der Waals surface area (Å²) in [5.74, 6) is -5.76. The lowest BCUT2D eigenvalue weighted by molar-refractivity contribution is 0.458. The van der Waals surface area contributed by atoms with Crippen LogP contribution in [0.3, 0.4) is 0 Å². The molecule has 0 radical (unpaired) electrons. The van der Waals surface area contributed by atoms with Crippen LogP contribution in [-0.4, -0.2) is 9.78 Å². The summed E-state index contributed by atoms with van der Waals surface area (Å²) in [6.45, 7) is 4.22. The number of aromatic nitrogens is 2. The highest BCUT2D eigenvalue weighted by Crippen LogP contribution is 2.24. The largest absolute Gasteiger partial charge is 0.374 e. The third-order valence-corrected chi connectivity index (χ3v) is 2.84. The first kappa shape index (κ1) is 14.4. The first-order chi connectivity index (χ1) is 9.43. The summed E-state index contributed by atoms with van der Waals surface area (Å²) < 4.78 is 54.7. The van der Waals surface area contributed by atoms with Crippen LogP contribution in [0.2, 0.25) is 0 Å². The Hall–Kier alpha value is -2.05. The lowest BCUT2D eigenvalue weighted by atomic mass is 10.2. The van der Waals surface area contributed by atoms with Gasteiger partial charge in [0.05, 0.1) is 17.9 Å². The minimum Gasteiger partial charge on any atom is -0.374 e. The second-order valence-electron chi connectivity index (χ2n) is 4.29. The van der Waals surface area contributed by atoms with Crippen molar-refractivity contribution >= 4 is 5.69 Å². The van der Waals surface area contributed by atoms with E-state index in [0.717, 1.165) is 5.69 Å². The standard InChI is InChI=1S/C13H13F4N3/c1-3-20-8(4-7(2)19-20)6-18-13-11(16)9(14)5-10(15)12(13)17/h4-5,18H,3,6H2,1-2H3. The molecule has 3 nitrogen and oxygen atoms in total. The monoisotopic (exact) mass is 287 g/mol. The van der Waals surface area contributed by atoms with Gasteiger partial charge in [-0.25, -0.2) is 17.6 Å². The van der Waals surface area contributed by atoms with E-state index in [1.807, 2.05) is 6.92 Å². The number of halogens is 4. The fourth-order valence-corrected chi connectivity index (χ4v) is 1.92. The smallest absolute Gasteiger partial charge is 0.185 e. The van der Waals surface area contributed by atoms with E-state index in [2.05, 4.69) is 10.4 Å². The van der Waals surface area contributed by atoms with Gasteiger partial charge in [-0.1, -0.05) is 0 Å². The second kappa shape index (κ2) is 5.52. The van der Waals surface area contributed by atoms with Crippen molar-refractivity contribution < 1.29 is 17.6 Å². The third-order valence-electron chi connectivity index (χ3n) is 2.84. The van der Waals surface area contributed by atoms with Gasteiger partial charge in [0.15, 0.2) is 23.3 Å². The molecular formula is C13H13F4N3. The molecule has 7 heteroatoms. The second-order valence-corrected chi connectivity index (χ2v) is 4.29.